The van der Waals surface area contributed by atoms with Gasteiger partial charge in [-0.25, -0.2) is 9.97 Å². The normalized spacial score (nSPS) is 18.1. The predicted octanol–water partition coefficient (Wildman–Crippen LogP) is 2.54. The molecule has 0 spiro atoms. The van der Waals surface area contributed by atoms with Gasteiger partial charge in [-0.3, -0.25) is 4.79 Å². The molecule has 27 heavy (non-hydrogen) atoms. The Balaban J connectivity index is 1.40. The van der Waals surface area contributed by atoms with Gasteiger partial charge in [0.1, 0.15) is 23.9 Å². The molecule has 0 unspecified atom stereocenters. The number of aromatic nitrogens is 2. The summed E-state index contributed by atoms with van der Waals surface area (Å²) in [5, 5.41) is 2.99. The molecular weight excluding hydrogens is 342 g/mol. The molecule has 1 aromatic heterocycles. The fraction of sp³-hybridized carbons (Fsp3) is 0.476. The van der Waals surface area contributed by atoms with Crippen molar-refractivity contribution >= 4 is 5.91 Å². The summed E-state index contributed by atoms with van der Waals surface area (Å²) >= 11 is 0. The van der Waals surface area contributed by atoms with Gasteiger partial charge < -0.3 is 14.8 Å². The molecule has 142 valence electrons. The van der Waals surface area contributed by atoms with E-state index in [1.807, 2.05) is 25.1 Å². The fourth-order valence-electron chi connectivity index (χ4n) is 3.90. The second kappa shape index (κ2) is 7.55. The lowest BCUT2D eigenvalue weighted by atomic mass is 9.95. The van der Waals surface area contributed by atoms with Crippen LogP contribution in [-0.2, 0) is 30.6 Å². The molecule has 6 heteroatoms. The van der Waals surface area contributed by atoms with Crippen molar-refractivity contribution < 1.29 is 14.3 Å². The van der Waals surface area contributed by atoms with Gasteiger partial charge in [-0.05, 0) is 68.4 Å². The molecule has 0 saturated heterocycles. The molecular formula is C21H25N3O3. The molecule has 0 fully saturated rings. The number of benzene rings is 1. The number of ether oxygens (including phenoxy) is 2. The van der Waals surface area contributed by atoms with Gasteiger partial charge in [-0.1, -0.05) is 0 Å². The van der Waals surface area contributed by atoms with Crippen LogP contribution in [0.15, 0.2) is 18.2 Å². The number of methoxy groups -OCH3 is 1. The molecule has 0 radical (unpaired) electrons. The quantitative estimate of drug-likeness (QED) is 0.899. The number of amides is 1. The van der Waals surface area contributed by atoms with Crippen molar-refractivity contribution in [2.45, 2.75) is 45.6 Å². The van der Waals surface area contributed by atoms with Gasteiger partial charge in [-0.15, -0.1) is 0 Å². The van der Waals surface area contributed by atoms with Crippen molar-refractivity contribution in [2.75, 3.05) is 13.7 Å². The predicted molar refractivity (Wildman–Crippen MR) is 101 cm³/mol. The third-order valence-electron chi connectivity index (χ3n) is 5.40. The number of nitrogens with zero attached hydrogens (tertiary/aromatic N) is 2. The summed E-state index contributed by atoms with van der Waals surface area (Å²) in [7, 11) is 1.64. The van der Waals surface area contributed by atoms with Crippen LogP contribution in [0.2, 0.25) is 0 Å². The van der Waals surface area contributed by atoms with E-state index in [4.69, 9.17) is 9.47 Å². The highest BCUT2D eigenvalue weighted by atomic mass is 16.5. The van der Waals surface area contributed by atoms with Crippen LogP contribution in [0.1, 0.15) is 41.2 Å². The van der Waals surface area contributed by atoms with Crippen molar-refractivity contribution in [1.29, 1.82) is 0 Å². The maximum absolute atomic E-state index is 12.6. The minimum Gasteiger partial charge on any atom is -0.497 e. The molecule has 1 aliphatic heterocycles. The summed E-state index contributed by atoms with van der Waals surface area (Å²) in [4.78, 5) is 21.9. The smallest absolute Gasteiger partial charge is 0.227 e. The number of fused-ring (bicyclic) bond motifs is 2. The van der Waals surface area contributed by atoms with Crippen LogP contribution in [-0.4, -0.2) is 29.6 Å². The highest BCUT2D eigenvalue weighted by Crippen LogP contribution is 2.30. The lowest BCUT2D eigenvalue weighted by Crippen LogP contribution is -2.37. The molecule has 4 rings (SSSR count). The van der Waals surface area contributed by atoms with Gasteiger partial charge in [0, 0.05) is 11.4 Å². The van der Waals surface area contributed by atoms with Crippen LogP contribution >= 0.6 is 0 Å². The summed E-state index contributed by atoms with van der Waals surface area (Å²) in [6.07, 6.45) is 5.10. The molecule has 1 atom stereocenters. The lowest BCUT2D eigenvalue weighted by molar-refractivity contribution is -0.126. The van der Waals surface area contributed by atoms with Gasteiger partial charge in [0.15, 0.2) is 0 Å². The van der Waals surface area contributed by atoms with E-state index in [2.05, 4.69) is 15.3 Å². The first kappa shape index (κ1) is 17.8. The van der Waals surface area contributed by atoms with Crippen molar-refractivity contribution in [2.24, 2.45) is 5.92 Å². The molecule has 0 bridgehead atoms. The first-order valence-corrected chi connectivity index (χ1v) is 9.56. The molecule has 2 heterocycles. The molecule has 2 aliphatic rings. The average molecular weight is 367 g/mol. The third kappa shape index (κ3) is 3.75. The van der Waals surface area contributed by atoms with E-state index < -0.39 is 0 Å². The Labute approximate surface area is 159 Å². The number of hydrogen-bond donors (Lipinski definition) is 1. The van der Waals surface area contributed by atoms with Crippen LogP contribution in [0.5, 0.6) is 11.5 Å². The van der Waals surface area contributed by atoms with Crippen molar-refractivity contribution in [3.8, 4) is 11.5 Å². The maximum Gasteiger partial charge on any atom is 0.227 e. The van der Waals surface area contributed by atoms with Gasteiger partial charge in [-0.2, -0.15) is 0 Å². The van der Waals surface area contributed by atoms with Crippen LogP contribution in [0.3, 0.4) is 0 Å². The summed E-state index contributed by atoms with van der Waals surface area (Å²) in [5.41, 5.74) is 4.50. The van der Waals surface area contributed by atoms with Gasteiger partial charge in [0.25, 0.3) is 0 Å². The fourth-order valence-corrected chi connectivity index (χ4v) is 3.90. The third-order valence-corrected chi connectivity index (χ3v) is 5.40. The number of hydrogen-bond acceptors (Lipinski definition) is 5. The highest BCUT2D eigenvalue weighted by Gasteiger charge is 2.26. The summed E-state index contributed by atoms with van der Waals surface area (Å²) in [6, 6.07) is 5.70. The first-order valence-electron chi connectivity index (χ1n) is 9.56. The number of nitrogens with one attached hydrogen (secondary N) is 1. The zero-order chi connectivity index (χ0) is 18.8. The number of aryl methyl sites for hydroxylation is 2. The molecule has 1 aliphatic carbocycles. The molecule has 1 amide bonds. The molecule has 0 saturated carbocycles. The Morgan fingerprint density at radius 2 is 2.15 bits per heavy atom. The first-order chi connectivity index (χ1) is 13.1. The van der Waals surface area contributed by atoms with E-state index in [1.165, 1.54) is 18.4 Å². The zero-order valence-corrected chi connectivity index (χ0v) is 15.9. The second-order valence-electron chi connectivity index (χ2n) is 7.26. The van der Waals surface area contributed by atoms with Crippen LogP contribution < -0.4 is 14.8 Å². The number of carbonyl (C=O) groups excluding carboxylic acids is 1. The number of carbonyl (C=O) groups is 1. The lowest BCUT2D eigenvalue weighted by Gasteiger charge is -2.25. The van der Waals surface area contributed by atoms with Gasteiger partial charge >= 0.3 is 0 Å². The Hall–Kier alpha value is -2.63. The van der Waals surface area contributed by atoms with E-state index >= 15 is 0 Å². The van der Waals surface area contributed by atoms with Crippen LogP contribution in [0, 0.1) is 12.8 Å². The topological polar surface area (TPSA) is 73.3 Å². The second-order valence-corrected chi connectivity index (χ2v) is 7.26. The molecule has 1 aromatic carbocycles. The summed E-state index contributed by atoms with van der Waals surface area (Å²) < 4.78 is 11.0. The highest BCUT2D eigenvalue weighted by molar-refractivity contribution is 5.79. The SMILES string of the molecule is COc1ccc2c(c1)C[C@@H](C(=O)NCc1nc(C)c3c(n1)CCCC3)CO2. The molecule has 2 aromatic rings. The minimum atomic E-state index is -0.219. The Bertz CT molecular complexity index is 866. The van der Waals surface area contributed by atoms with E-state index in [0.29, 0.717) is 25.4 Å². The van der Waals surface area contributed by atoms with Gasteiger partial charge in [0.05, 0.1) is 19.6 Å². The van der Waals surface area contributed by atoms with E-state index in [0.717, 1.165) is 41.3 Å². The van der Waals surface area contributed by atoms with E-state index in [9.17, 15) is 4.79 Å². The van der Waals surface area contributed by atoms with Crippen LogP contribution in [0.4, 0.5) is 0 Å². The summed E-state index contributed by atoms with van der Waals surface area (Å²) in [5.74, 6) is 2.05. The van der Waals surface area contributed by atoms with Crippen molar-refractivity contribution in [3.05, 3.63) is 46.5 Å². The van der Waals surface area contributed by atoms with Crippen molar-refractivity contribution in [3.63, 3.8) is 0 Å². The summed E-state index contributed by atoms with van der Waals surface area (Å²) in [6.45, 7) is 2.78. The Morgan fingerprint density at radius 1 is 1.30 bits per heavy atom. The Kier molecular flexibility index (Phi) is 4.97. The minimum absolute atomic E-state index is 0.0255. The monoisotopic (exact) mass is 367 g/mol. The molecule has 1 N–H and O–H groups in total. The standard InChI is InChI=1S/C21H25N3O3/c1-13-17-5-3-4-6-18(17)24-20(23-13)11-22-21(25)15-9-14-10-16(26-2)7-8-19(14)27-12-15/h7-8,10,15H,3-6,9,11-12H2,1-2H3,(H,22,25)/t15-/m1/s1. The van der Waals surface area contributed by atoms with E-state index in [-0.39, 0.29) is 11.8 Å². The van der Waals surface area contributed by atoms with Crippen LogP contribution in [0.25, 0.3) is 0 Å². The number of rotatable bonds is 4. The average Bonchev–Trinajstić information content (AvgIpc) is 2.71. The zero-order valence-electron chi connectivity index (χ0n) is 15.9. The van der Waals surface area contributed by atoms with E-state index in [1.54, 1.807) is 7.11 Å². The molecule has 6 nitrogen and oxygen atoms in total. The maximum atomic E-state index is 12.6. The Morgan fingerprint density at radius 3 is 3.00 bits per heavy atom. The van der Waals surface area contributed by atoms with Gasteiger partial charge in [0.2, 0.25) is 5.91 Å². The largest absolute Gasteiger partial charge is 0.497 e. The van der Waals surface area contributed by atoms with Crippen molar-refractivity contribution in [1.82, 2.24) is 15.3 Å².